The molecule has 2 aromatic carbocycles. The van der Waals surface area contributed by atoms with Crippen LogP contribution < -0.4 is 14.2 Å². The lowest BCUT2D eigenvalue weighted by Gasteiger charge is -2.16. The minimum Gasteiger partial charge on any atom is -0.490 e. The van der Waals surface area contributed by atoms with E-state index >= 15 is 0 Å². The number of anilines is 1. The molecule has 0 amide bonds. The number of nitrogens with zero attached hydrogens (tertiary/aromatic N) is 1. The Bertz CT molecular complexity index is 1110. The van der Waals surface area contributed by atoms with E-state index in [1.807, 2.05) is 0 Å². The second-order valence-corrected chi connectivity index (χ2v) is 10.5. The second kappa shape index (κ2) is 7.85. The molecular weight excluding hydrogens is 416 g/mol. The SMILES string of the molecule is O=S(=O)(Nc1cccc(S(=O)(=O)N2CCCC2)c1)c1ccc2c(c1)OCCCO2. The number of nitrogens with one attached hydrogen (secondary N) is 1. The third kappa shape index (κ3) is 4.19. The predicted octanol–water partition coefficient (Wildman–Crippen LogP) is 2.43. The van der Waals surface area contributed by atoms with E-state index in [1.54, 1.807) is 6.07 Å². The Morgan fingerprint density at radius 1 is 0.793 bits per heavy atom. The molecule has 156 valence electrons. The highest BCUT2D eigenvalue weighted by atomic mass is 32.2. The average molecular weight is 439 g/mol. The van der Waals surface area contributed by atoms with Crippen LogP contribution in [0, 0.1) is 0 Å². The highest BCUT2D eigenvalue weighted by Crippen LogP contribution is 2.32. The smallest absolute Gasteiger partial charge is 0.262 e. The van der Waals surface area contributed by atoms with Crippen molar-refractivity contribution in [3.63, 3.8) is 0 Å². The van der Waals surface area contributed by atoms with Crippen molar-refractivity contribution in [3.05, 3.63) is 42.5 Å². The van der Waals surface area contributed by atoms with Crippen LogP contribution in [0.25, 0.3) is 0 Å². The Morgan fingerprint density at radius 3 is 2.28 bits per heavy atom. The molecule has 0 bridgehead atoms. The maximum absolute atomic E-state index is 12.8. The van der Waals surface area contributed by atoms with Gasteiger partial charge in [0.2, 0.25) is 10.0 Å². The maximum Gasteiger partial charge on any atom is 0.262 e. The number of sulfonamides is 2. The first-order valence-corrected chi connectivity index (χ1v) is 12.3. The summed E-state index contributed by atoms with van der Waals surface area (Å²) >= 11 is 0. The van der Waals surface area contributed by atoms with Crippen molar-refractivity contribution in [3.8, 4) is 11.5 Å². The summed E-state index contributed by atoms with van der Waals surface area (Å²) in [5.41, 5.74) is 0.178. The molecule has 0 aliphatic carbocycles. The molecule has 2 aromatic rings. The van der Waals surface area contributed by atoms with Crippen molar-refractivity contribution >= 4 is 25.7 Å². The molecule has 0 spiro atoms. The summed E-state index contributed by atoms with van der Waals surface area (Å²) < 4.78 is 66.1. The molecule has 2 heterocycles. The normalized spacial score (nSPS) is 17.7. The fraction of sp³-hybridized carbons (Fsp3) is 0.368. The van der Waals surface area contributed by atoms with Gasteiger partial charge in [0.1, 0.15) is 0 Å². The number of benzene rings is 2. The number of fused-ring (bicyclic) bond motifs is 1. The third-order valence-corrected chi connectivity index (χ3v) is 8.09. The molecule has 1 fully saturated rings. The van der Waals surface area contributed by atoms with Crippen LogP contribution in [-0.2, 0) is 20.0 Å². The predicted molar refractivity (Wildman–Crippen MR) is 107 cm³/mol. The van der Waals surface area contributed by atoms with Crippen LogP contribution in [0.5, 0.6) is 11.5 Å². The van der Waals surface area contributed by atoms with Gasteiger partial charge >= 0.3 is 0 Å². The van der Waals surface area contributed by atoms with Crippen LogP contribution >= 0.6 is 0 Å². The summed E-state index contributed by atoms with van der Waals surface area (Å²) in [6.07, 6.45) is 2.37. The lowest BCUT2D eigenvalue weighted by Crippen LogP contribution is -2.27. The summed E-state index contributed by atoms with van der Waals surface area (Å²) in [5, 5.41) is 0. The van der Waals surface area contributed by atoms with E-state index in [4.69, 9.17) is 9.47 Å². The van der Waals surface area contributed by atoms with Gasteiger partial charge in [-0.1, -0.05) is 6.07 Å². The molecule has 2 aliphatic heterocycles. The Kier molecular flexibility index (Phi) is 5.41. The Hall–Kier alpha value is -2.30. The number of ether oxygens (including phenoxy) is 2. The van der Waals surface area contributed by atoms with Gasteiger partial charge < -0.3 is 9.47 Å². The molecule has 29 heavy (non-hydrogen) atoms. The number of hydrogen-bond acceptors (Lipinski definition) is 6. The summed E-state index contributed by atoms with van der Waals surface area (Å²) in [6, 6.07) is 10.3. The van der Waals surface area contributed by atoms with Crippen LogP contribution in [0.1, 0.15) is 19.3 Å². The molecule has 1 saturated heterocycles. The van der Waals surface area contributed by atoms with Crippen molar-refractivity contribution in [2.75, 3.05) is 31.0 Å². The Balaban J connectivity index is 1.60. The van der Waals surface area contributed by atoms with Gasteiger partial charge in [-0.15, -0.1) is 0 Å². The topological polar surface area (TPSA) is 102 Å². The van der Waals surface area contributed by atoms with E-state index in [2.05, 4.69) is 4.72 Å². The lowest BCUT2D eigenvalue weighted by atomic mass is 10.3. The Morgan fingerprint density at radius 2 is 1.52 bits per heavy atom. The van der Waals surface area contributed by atoms with Crippen molar-refractivity contribution < 1.29 is 26.3 Å². The molecule has 2 aliphatic rings. The first-order chi connectivity index (χ1) is 13.9. The minimum atomic E-state index is -3.93. The van der Waals surface area contributed by atoms with Gasteiger partial charge in [0.25, 0.3) is 10.0 Å². The van der Waals surface area contributed by atoms with Crippen molar-refractivity contribution in [2.24, 2.45) is 0 Å². The highest BCUT2D eigenvalue weighted by molar-refractivity contribution is 7.92. The molecule has 0 aromatic heterocycles. The molecule has 4 rings (SSSR count). The van der Waals surface area contributed by atoms with Gasteiger partial charge in [0.15, 0.2) is 11.5 Å². The van der Waals surface area contributed by atoms with Gasteiger partial charge in [0, 0.05) is 25.6 Å². The van der Waals surface area contributed by atoms with Gasteiger partial charge in [-0.2, -0.15) is 4.31 Å². The monoisotopic (exact) mass is 438 g/mol. The molecule has 1 N–H and O–H groups in total. The van der Waals surface area contributed by atoms with Crippen molar-refractivity contribution in [1.29, 1.82) is 0 Å². The first kappa shape index (κ1) is 20.0. The molecule has 0 radical (unpaired) electrons. The van der Waals surface area contributed by atoms with Crippen molar-refractivity contribution in [2.45, 2.75) is 29.1 Å². The number of rotatable bonds is 5. The summed E-state index contributed by atoms with van der Waals surface area (Å²) in [6.45, 7) is 1.92. The number of hydrogen-bond donors (Lipinski definition) is 1. The zero-order chi connectivity index (χ0) is 20.5. The summed E-state index contributed by atoms with van der Waals surface area (Å²) in [5.74, 6) is 0.871. The van der Waals surface area contributed by atoms with Crippen LogP contribution in [0.2, 0.25) is 0 Å². The van der Waals surface area contributed by atoms with Crippen LogP contribution in [0.15, 0.2) is 52.3 Å². The van der Waals surface area contributed by atoms with Gasteiger partial charge in [-0.3, -0.25) is 4.72 Å². The van der Waals surface area contributed by atoms with Gasteiger partial charge in [-0.25, -0.2) is 16.8 Å². The van der Waals surface area contributed by atoms with E-state index in [-0.39, 0.29) is 15.5 Å². The molecular formula is C19H22N2O6S2. The minimum absolute atomic E-state index is 0.00885. The third-order valence-electron chi connectivity index (χ3n) is 4.82. The summed E-state index contributed by atoms with van der Waals surface area (Å²) in [7, 11) is -7.57. The first-order valence-electron chi connectivity index (χ1n) is 9.39. The molecule has 0 saturated carbocycles. The molecule has 10 heteroatoms. The quantitative estimate of drug-likeness (QED) is 0.769. The van der Waals surface area contributed by atoms with E-state index in [0.29, 0.717) is 44.2 Å². The standard InChI is InChI=1S/C19H22N2O6S2/c22-28(23,16-7-8-18-19(14-16)27-12-4-11-26-18)20-15-5-3-6-17(13-15)29(24,25)21-9-1-2-10-21/h3,5-8,13-14,20H,1-2,4,9-12H2. The van der Waals surface area contributed by atoms with Gasteiger partial charge in [0.05, 0.1) is 28.7 Å². The fourth-order valence-electron chi connectivity index (χ4n) is 3.32. The van der Waals surface area contributed by atoms with Crippen molar-refractivity contribution in [1.82, 2.24) is 4.31 Å². The molecule has 8 nitrogen and oxygen atoms in total. The maximum atomic E-state index is 12.8. The van der Waals surface area contributed by atoms with E-state index < -0.39 is 20.0 Å². The Labute approximate surface area is 170 Å². The summed E-state index contributed by atoms with van der Waals surface area (Å²) in [4.78, 5) is 0.0767. The highest BCUT2D eigenvalue weighted by Gasteiger charge is 2.27. The van der Waals surface area contributed by atoms with E-state index in [9.17, 15) is 16.8 Å². The largest absolute Gasteiger partial charge is 0.490 e. The van der Waals surface area contributed by atoms with Gasteiger partial charge in [-0.05, 0) is 43.2 Å². The van der Waals surface area contributed by atoms with Crippen LogP contribution in [0.3, 0.4) is 0 Å². The zero-order valence-corrected chi connectivity index (χ0v) is 17.3. The van der Waals surface area contributed by atoms with Crippen LogP contribution in [0.4, 0.5) is 5.69 Å². The lowest BCUT2D eigenvalue weighted by molar-refractivity contribution is 0.297. The fourth-order valence-corrected chi connectivity index (χ4v) is 5.95. The molecule has 0 atom stereocenters. The van der Waals surface area contributed by atoms with E-state index in [0.717, 1.165) is 12.8 Å². The second-order valence-electron chi connectivity index (χ2n) is 6.90. The average Bonchev–Trinajstić information content (AvgIpc) is 3.14. The van der Waals surface area contributed by atoms with E-state index in [1.165, 1.54) is 40.7 Å². The van der Waals surface area contributed by atoms with Crippen LogP contribution in [-0.4, -0.2) is 47.4 Å². The molecule has 0 unspecified atom stereocenters. The zero-order valence-electron chi connectivity index (χ0n) is 15.7.